The molecular formula is C8H18ClN3. The van der Waals surface area contributed by atoms with Crippen molar-refractivity contribution < 1.29 is 0 Å². The Morgan fingerprint density at radius 3 is 2.92 bits per heavy atom. The van der Waals surface area contributed by atoms with Crippen LogP contribution in [0.1, 0.15) is 19.3 Å². The van der Waals surface area contributed by atoms with Gasteiger partial charge >= 0.3 is 0 Å². The zero-order valence-electron chi connectivity index (χ0n) is 7.25. The van der Waals surface area contributed by atoms with Gasteiger partial charge in [0.25, 0.3) is 0 Å². The van der Waals surface area contributed by atoms with Crippen molar-refractivity contribution in [2.75, 3.05) is 13.1 Å². The lowest BCUT2D eigenvalue weighted by molar-refractivity contribution is 0.258. The Hall–Kier alpha value is 0.170. The van der Waals surface area contributed by atoms with E-state index in [1.54, 1.807) is 0 Å². The Labute approximate surface area is 79.8 Å². The van der Waals surface area contributed by atoms with Crippen LogP contribution in [0.2, 0.25) is 0 Å². The van der Waals surface area contributed by atoms with Crippen LogP contribution in [0.5, 0.6) is 0 Å². The molecule has 1 saturated carbocycles. The predicted octanol–water partition coefficient (Wildman–Crippen LogP) is 0.260. The smallest absolute Gasteiger partial charge is 0.0256 e. The predicted molar refractivity (Wildman–Crippen MR) is 52.1 cm³/mol. The highest BCUT2D eigenvalue weighted by Crippen LogP contribution is 2.29. The number of nitrogens with two attached hydrogens (primary N) is 1. The van der Waals surface area contributed by atoms with E-state index in [2.05, 4.69) is 10.9 Å². The van der Waals surface area contributed by atoms with Crippen LogP contribution in [0.3, 0.4) is 0 Å². The molecule has 0 aromatic rings. The fourth-order valence-corrected chi connectivity index (χ4v) is 2.28. The van der Waals surface area contributed by atoms with Gasteiger partial charge in [-0.1, -0.05) is 0 Å². The van der Waals surface area contributed by atoms with Crippen LogP contribution >= 0.6 is 12.4 Å². The van der Waals surface area contributed by atoms with Gasteiger partial charge in [-0.3, -0.25) is 10.9 Å². The molecule has 0 amide bonds. The first kappa shape index (κ1) is 10.3. The van der Waals surface area contributed by atoms with Gasteiger partial charge in [-0.05, 0) is 37.6 Å². The molecule has 3 atom stereocenters. The van der Waals surface area contributed by atoms with Crippen LogP contribution in [-0.2, 0) is 0 Å². The zero-order valence-corrected chi connectivity index (χ0v) is 8.07. The van der Waals surface area contributed by atoms with Gasteiger partial charge in [-0.15, -0.1) is 12.4 Å². The second-order valence-corrected chi connectivity index (χ2v) is 3.81. The molecule has 1 aliphatic carbocycles. The fraction of sp³-hybridized carbons (Fsp3) is 1.00. The van der Waals surface area contributed by atoms with Crippen LogP contribution in [0, 0.1) is 11.8 Å². The second kappa shape index (κ2) is 4.42. The van der Waals surface area contributed by atoms with E-state index in [-0.39, 0.29) is 12.4 Å². The molecule has 0 bridgehead atoms. The number of hydrazine groups is 1. The number of fused-ring (bicyclic) bond motifs is 1. The third kappa shape index (κ3) is 1.91. The van der Waals surface area contributed by atoms with E-state index < -0.39 is 0 Å². The van der Waals surface area contributed by atoms with Gasteiger partial charge in [-0.25, -0.2) is 0 Å². The Bertz CT molecular complexity index is 142. The molecule has 4 N–H and O–H groups in total. The lowest BCUT2D eigenvalue weighted by Gasteiger charge is -2.29. The van der Waals surface area contributed by atoms with Gasteiger partial charge in [0.1, 0.15) is 0 Å². The van der Waals surface area contributed by atoms with E-state index in [1.807, 2.05) is 0 Å². The van der Waals surface area contributed by atoms with Crippen LogP contribution in [0.15, 0.2) is 0 Å². The zero-order chi connectivity index (χ0) is 7.68. The molecule has 1 saturated heterocycles. The molecule has 0 spiro atoms. The summed E-state index contributed by atoms with van der Waals surface area (Å²) in [6.07, 6.45) is 3.96. The van der Waals surface area contributed by atoms with E-state index in [9.17, 15) is 0 Å². The normalized spacial score (nSPS) is 40.2. The van der Waals surface area contributed by atoms with Crippen LogP contribution in [0.25, 0.3) is 0 Å². The van der Waals surface area contributed by atoms with E-state index >= 15 is 0 Å². The minimum absolute atomic E-state index is 0. The Morgan fingerprint density at radius 1 is 1.33 bits per heavy atom. The van der Waals surface area contributed by atoms with Crippen LogP contribution < -0.4 is 16.6 Å². The van der Waals surface area contributed by atoms with Crippen molar-refractivity contribution >= 4 is 12.4 Å². The fourth-order valence-electron chi connectivity index (χ4n) is 2.28. The third-order valence-electron chi connectivity index (χ3n) is 3.09. The largest absolute Gasteiger partial charge is 0.330 e. The molecule has 12 heavy (non-hydrogen) atoms. The average Bonchev–Trinajstić information content (AvgIpc) is 2.50. The molecule has 0 aromatic carbocycles. The van der Waals surface area contributed by atoms with Crippen LogP contribution in [-0.4, -0.2) is 19.1 Å². The number of halogens is 1. The van der Waals surface area contributed by atoms with Crippen molar-refractivity contribution in [1.29, 1.82) is 0 Å². The van der Waals surface area contributed by atoms with Gasteiger partial charge in [0.15, 0.2) is 0 Å². The maximum Gasteiger partial charge on any atom is 0.0256 e. The van der Waals surface area contributed by atoms with E-state index in [0.29, 0.717) is 6.04 Å². The monoisotopic (exact) mass is 191 g/mol. The lowest BCUT2D eigenvalue weighted by Crippen LogP contribution is -2.37. The summed E-state index contributed by atoms with van der Waals surface area (Å²) in [5.41, 5.74) is 12.2. The third-order valence-corrected chi connectivity index (χ3v) is 3.09. The summed E-state index contributed by atoms with van der Waals surface area (Å²) in [4.78, 5) is 0. The highest BCUT2D eigenvalue weighted by Gasteiger charge is 2.32. The minimum Gasteiger partial charge on any atom is -0.330 e. The summed E-state index contributed by atoms with van der Waals surface area (Å²) in [5, 5.41) is 0. The summed E-state index contributed by atoms with van der Waals surface area (Å²) >= 11 is 0. The summed E-state index contributed by atoms with van der Waals surface area (Å²) in [5.74, 6) is 1.64. The quantitative estimate of drug-likeness (QED) is 0.558. The van der Waals surface area contributed by atoms with Crippen molar-refractivity contribution in [2.24, 2.45) is 17.6 Å². The molecule has 2 aliphatic rings. The maximum atomic E-state index is 5.64. The molecule has 3 unspecified atom stereocenters. The Balaban J connectivity index is 0.000000720. The highest BCUT2D eigenvalue weighted by molar-refractivity contribution is 5.85. The highest BCUT2D eigenvalue weighted by atomic mass is 35.5. The molecule has 72 valence electrons. The van der Waals surface area contributed by atoms with Crippen molar-refractivity contribution in [1.82, 2.24) is 10.9 Å². The van der Waals surface area contributed by atoms with Gasteiger partial charge in [0.05, 0.1) is 0 Å². The lowest BCUT2D eigenvalue weighted by atomic mass is 9.79. The van der Waals surface area contributed by atoms with Crippen LogP contribution in [0.4, 0.5) is 0 Å². The first-order valence-electron chi connectivity index (χ1n) is 4.58. The Morgan fingerprint density at radius 2 is 2.17 bits per heavy atom. The van der Waals surface area contributed by atoms with E-state index in [4.69, 9.17) is 5.73 Å². The first-order chi connectivity index (χ1) is 5.40. The molecule has 3 nitrogen and oxygen atoms in total. The molecule has 2 rings (SSSR count). The molecule has 1 aliphatic heterocycles. The number of hydrogen-bond acceptors (Lipinski definition) is 3. The van der Waals surface area contributed by atoms with Crippen molar-refractivity contribution in [3.8, 4) is 0 Å². The molecule has 0 aromatic heterocycles. The molecule has 2 fully saturated rings. The topological polar surface area (TPSA) is 50.1 Å². The second-order valence-electron chi connectivity index (χ2n) is 3.81. The molecular weight excluding hydrogens is 174 g/mol. The Kier molecular flexibility index (Phi) is 3.77. The van der Waals surface area contributed by atoms with Gasteiger partial charge in [0.2, 0.25) is 0 Å². The molecule has 0 radical (unpaired) electrons. The first-order valence-corrected chi connectivity index (χ1v) is 4.58. The van der Waals surface area contributed by atoms with Gasteiger partial charge in [0, 0.05) is 12.6 Å². The van der Waals surface area contributed by atoms with Gasteiger partial charge in [-0.2, -0.15) is 0 Å². The van der Waals surface area contributed by atoms with E-state index in [1.165, 1.54) is 19.3 Å². The SMILES string of the molecule is Cl.NCC1CCC2CNNC2C1. The summed E-state index contributed by atoms with van der Waals surface area (Å²) in [7, 11) is 0. The van der Waals surface area contributed by atoms with E-state index in [0.717, 1.165) is 24.9 Å². The summed E-state index contributed by atoms with van der Waals surface area (Å²) < 4.78 is 0. The van der Waals surface area contributed by atoms with Crippen molar-refractivity contribution in [2.45, 2.75) is 25.3 Å². The van der Waals surface area contributed by atoms with Crippen molar-refractivity contribution in [3.63, 3.8) is 0 Å². The molecule has 1 heterocycles. The van der Waals surface area contributed by atoms with Crippen molar-refractivity contribution in [3.05, 3.63) is 0 Å². The number of hydrogen-bond donors (Lipinski definition) is 3. The minimum atomic E-state index is 0. The summed E-state index contributed by atoms with van der Waals surface area (Å²) in [6.45, 7) is 2.02. The average molecular weight is 192 g/mol. The standard InChI is InChI=1S/C8H17N3.ClH/c9-4-6-1-2-7-5-10-11-8(7)3-6;/h6-8,10-11H,1-5,9H2;1H. The van der Waals surface area contributed by atoms with Gasteiger partial charge < -0.3 is 5.73 Å². The number of rotatable bonds is 1. The number of nitrogens with one attached hydrogen (secondary N) is 2. The molecule has 4 heteroatoms. The summed E-state index contributed by atoms with van der Waals surface area (Å²) in [6, 6.07) is 0.706. The maximum absolute atomic E-state index is 5.64.